The van der Waals surface area contributed by atoms with E-state index in [0.29, 0.717) is 16.3 Å². The first kappa shape index (κ1) is 21.5. The number of nitrogens with one attached hydrogen (secondary N) is 1. The smallest absolute Gasteiger partial charge is 0.250 e. The average Bonchev–Trinajstić information content (AvgIpc) is 3.37. The van der Waals surface area contributed by atoms with Gasteiger partial charge in [-0.15, -0.1) is 16.4 Å². The first-order valence-electron chi connectivity index (χ1n) is 9.95. The number of methoxy groups -OCH3 is 2. The molecule has 0 saturated carbocycles. The molecule has 0 aliphatic carbocycles. The van der Waals surface area contributed by atoms with Crippen LogP contribution in [-0.4, -0.2) is 40.5 Å². The highest BCUT2D eigenvalue weighted by Gasteiger charge is 2.17. The molecule has 0 aliphatic heterocycles. The minimum Gasteiger partial charge on any atom is -0.497 e. The lowest BCUT2D eigenvalue weighted by molar-refractivity contribution is -0.116. The molecule has 2 aromatic heterocycles. The SMILES string of the molecule is COc1ccc(-c2csc3nc(NC(=O)CCC(=O)c4cc(C)ccc4OC)nn23)cc1. The number of ketones is 1. The number of thiazole rings is 1. The van der Waals surface area contributed by atoms with Gasteiger partial charge in [0.1, 0.15) is 11.5 Å². The van der Waals surface area contributed by atoms with E-state index in [1.165, 1.54) is 18.4 Å². The first-order valence-corrected chi connectivity index (χ1v) is 10.8. The summed E-state index contributed by atoms with van der Waals surface area (Å²) in [4.78, 5) is 30.0. The van der Waals surface area contributed by atoms with Crippen LogP contribution in [0, 0.1) is 6.92 Å². The Kier molecular flexibility index (Phi) is 6.18. The van der Waals surface area contributed by atoms with E-state index >= 15 is 0 Å². The summed E-state index contributed by atoms with van der Waals surface area (Å²) in [7, 11) is 3.14. The number of ether oxygens (including phenoxy) is 2. The Morgan fingerprint density at radius 2 is 1.84 bits per heavy atom. The van der Waals surface area contributed by atoms with E-state index in [1.54, 1.807) is 23.8 Å². The van der Waals surface area contributed by atoms with Crippen molar-refractivity contribution in [3.63, 3.8) is 0 Å². The van der Waals surface area contributed by atoms with Gasteiger partial charge < -0.3 is 9.47 Å². The molecular weight excluding hydrogens is 428 g/mol. The number of hydrogen-bond donors (Lipinski definition) is 1. The summed E-state index contributed by atoms with van der Waals surface area (Å²) >= 11 is 1.43. The van der Waals surface area contributed by atoms with Gasteiger partial charge in [0.05, 0.1) is 25.5 Å². The Labute approximate surface area is 188 Å². The Bertz CT molecular complexity index is 1280. The molecule has 9 heteroatoms. The number of aromatic nitrogens is 3. The number of nitrogens with zero attached hydrogens (tertiary/aromatic N) is 3. The zero-order valence-corrected chi connectivity index (χ0v) is 18.7. The number of carbonyl (C=O) groups is 2. The second kappa shape index (κ2) is 9.19. The van der Waals surface area contributed by atoms with Gasteiger partial charge in [-0.05, 0) is 43.3 Å². The zero-order chi connectivity index (χ0) is 22.7. The standard InChI is InChI=1S/C23H22N4O4S/c1-14-4-10-20(31-3)17(12-14)19(28)9-11-21(29)24-22-25-23-27(26-22)18(13-32-23)15-5-7-16(30-2)8-6-15/h4-8,10,12-13H,9,11H2,1-3H3,(H,24,26,29). The third-order valence-electron chi connectivity index (χ3n) is 4.95. The number of carbonyl (C=O) groups excluding carboxylic acids is 2. The van der Waals surface area contributed by atoms with Gasteiger partial charge in [0.25, 0.3) is 0 Å². The summed E-state index contributed by atoms with van der Waals surface area (Å²) in [6, 6.07) is 13.0. The molecule has 164 valence electrons. The molecular formula is C23H22N4O4S. The van der Waals surface area contributed by atoms with Crippen LogP contribution in [0.1, 0.15) is 28.8 Å². The maximum atomic E-state index is 12.6. The van der Waals surface area contributed by atoms with Gasteiger partial charge in [-0.1, -0.05) is 11.6 Å². The normalized spacial score (nSPS) is 10.8. The van der Waals surface area contributed by atoms with Gasteiger partial charge >= 0.3 is 0 Å². The van der Waals surface area contributed by atoms with Crippen molar-refractivity contribution >= 4 is 33.9 Å². The van der Waals surface area contributed by atoms with Crippen molar-refractivity contribution in [2.45, 2.75) is 19.8 Å². The van der Waals surface area contributed by atoms with Crippen LogP contribution >= 0.6 is 11.3 Å². The highest BCUT2D eigenvalue weighted by molar-refractivity contribution is 7.15. The number of aryl methyl sites for hydroxylation is 1. The number of hydrogen-bond acceptors (Lipinski definition) is 7. The number of rotatable bonds is 8. The Hall–Kier alpha value is -3.72. The summed E-state index contributed by atoms with van der Waals surface area (Å²) < 4.78 is 12.1. The molecule has 1 amide bonds. The monoisotopic (exact) mass is 450 g/mol. The lowest BCUT2D eigenvalue weighted by atomic mass is 10.0. The Morgan fingerprint density at radius 1 is 1.06 bits per heavy atom. The molecule has 0 bridgehead atoms. The lowest BCUT2D eigenvalue weighted by Gasteiger charge is -2.08. The first-order chi connectivity index (χ1) is 15.5. The van der Waals surface area contributed by atoms with Crippen molar-refractivity contribution in [3.8, 4) is 22.8 Å². The highest BCUT2D eigenvalue weighted by Crippen LogP contribution is 2.27. The summed E-state index contributed by atoms with van der Waals surface area (Å²) in [6.07, 6.45) is 0.0824. The van der Waals surface area contributed by atoms with Crippen LogP contribution < -0.4 is 14.8 Å². The minimum absolute atomic E-state index is 0.0219. The fraction of sp³-hybridized carbons (Fsp3) is 0.217. The van der Waals surface area contributed by atoms with E-state index in [9.17, 15) is 9.59 Å². The van der Waals surface area contributed by atoms with Gasteiger partial charge in [-0.2, -0.15) is 4.98 Å². The third-order valence-corrected chi connectivity index (χ3v) is 5.77. The van der Waals surface area contributed by atoms with Crippen molar-refractivity contribution in [1.29, 1.82) is 0 Å². The second-order valence-electron chi connectivity index (χ2n) is 7.15. The van der Waals surface area contributed by atoms with Gasteiger partial charge in [0.2, 0.25) is 16.8 Å². The molecule has 1 N–H and O–H groups in total. The second-order valence-corrected chi connectivity index (χ2v) is 7.99. The molecule has 0 spiro atoms. The molecule has 0 saturated heterocycles. The molecule has 0 fully saturated rings. The molecule has 0 unspecified atom stereocenters. The Morgan fingerprint density at radius 3 is 2.56 bits per heavy atom. The van der Waals surface area contributed by atoms with Gasteiger partial charge in [-0.25, -0.2) is 4.52 Å². The number of amides is 1. The van der Waals surface area contributed by atoms with Crippen LogP contribution in [0.5, 0.6) is 11.5 Å². The number of fused-ring (bicyclic) bond motifs is 1. The zero-order valence-electron chi connectivity index (χ0n) is 17.9. The number of benzene rings is 2. The summed E-state index contributed by atoms with van der Waals surface area (Å²) in [5.41, 5.74) is 3.25. The van der Waals surface area contributed by atoms with Crippen molar-refractivity contribution < 1.29 is 19.1 Å². The van der Waals surface area contributed by atoms with Gasteiger partial charge in [0.15, 0.2) is 5.78 Å². The van der Waals surface area contributed by atoms with Crippen LogP contribution in [0.25, 0.3) is 16.2 Å². The highest BCUT2D eigenvalue weighted by atomic mass is 32.1. The van der Waals surface area contributed by atoms with Crippen LogP contribution in [0.4, 0.5) is 5.95 Å². The molecule has 4 rings (SSSR count). The molecule has 32 heavy (non-hydrogen) atoms. The number of anilines is 1. The molecule has 0 atom stereocenters. The molecule has 0 radical (unpaired) electrons. The van der Waals surface area contributed by atoms with Crippen molar-refractivity contribution in [2.24, 2.45) is 0 Å². The Balaban J connectivity index is 1.42. The van der Waals surface area contributed by atoms with Gasteiger partial charge in [0, 0.05) is 23.8 Å². The van der Waals surface area contributed by atoms with E-state index in [0.717, 1.165) is 22.6 Å². The van der Waals surface area contributed by atoms with Crippen LogP contribution in [0.2, 0.25) is 0 Å². The van der Waals surface area contributed by atoms with Crippen LogP contribution in [-0.2, 0) is 4.79 Å². The van der Waals surface area contributed by atoms with E-state index in [-0.39, 0.29) is 30.5 Å². The molecule has 8 nitrogen and oxygen atoms in total. The maximum Gasteiger partial charge on any atom is 0.250 e. The fourth-order valence-corrected chi connectivity index (χ4v) is 4.11. The molecule has 2 aromatic carbocycles. The van der Waals surface area contributed by atoms with Crippen molar-refractivity contribution in [1.82, 2.24) is 14.6 Å². The van der Waals surface area contributed by atoms with E-state index < -0.39 is 0 Å². The van der Waals surface area contributed by atoms with Crippen LogP contribution in [0.15, 0.2) is 47.8 Å². The van der Waals surface area contributed by atoms with Crippen LogP contribution in [0.3, 0.4) is 0 Å². The summed E-state index contributed by atoms with van der Waals surface area (Å²) in [6.45, 7) is 1.90. The fourth-order valence-electron chi connectivity index (χ4n) is 3.28. The van der Waals surface area contributed by atoms with E-state index in [2.05, 4.69) is 15.4 Å². The number of Topliss-reactive ketones (excluding diaryl/α,β-unsaturated/α-hetero) is 1. The van der Waals surface area contributed by atoms with Crippen molar-refractivity contribution in [3.05, 3.63) is 59.0 Å². The van der Waals surface area contributed by atoms with E-state index in [1.807, 2.05) is 42.6 Å². The van der Waals surface area contributed by atoms with Crippen molar-refractivity contribution in [2.75, 3.05) is 19.5 Å². The molecule has 4 aromatic rings. The maximum absolute atomic E-state index is 12.6. The quantitative estimate of drug-likeness (QED) is 0.400. The molecule has 2 heterocycles. The minimum atomic E-state index is -0.325. The predicted octanol–water partition coefficient (Wildman–Crippen LogP) is 4.39. The predicted molar refractivity (Wildman–Crippen MR) is 123 cm³/mol. The topological polar surface area (TPSA) is 94.8 Å². The molecule has 0 aliphatic rings. The van der Waals surface area contributed by atoms with Gasteiger partial charge in [-0.3, -0.25) is 14.9 Å². The summed E-state index contributed by atoms with van der Waals surface area (Å²) in [5.74, 6) is 1.00. The lowest BCUT2D eigenvalue weighted by Crippen LogP contribution is -2.15. The summed E-state index contributed by atoms with van der Waals surface area (Å²) in [5, 5.41) is 9.04. The third kappa shape index (κ3) is 4.47. The average molecular weight is 451 g/mol. The van der Waals surface area contributed by atoms with E-state index in [4.69, 9.17) is 9.47 Å². The largest absolute Gasteiger partial charge is 0.497 e.